The van der Waals surface area contributed by atoms with Crippen LogP contribution in [-0.4, -0.2) is 23.2 Å². The molecule has 1 saturated heterocycles. The summed E-state index contributed by atoms with van der Waals surface area (Å²) in [5.74, 6) is -0.467. The zero-order valence-corrected chi connectivity index (χ0v) is 13.2. The van der Waals surface area contributed by atoms with Crippen LogP contribution in [-0.2, 0) is 4.79 Å². The summed E-state index contributed by atoms with van der Waals surface area (Å²) in [7, 11) is 0. The molecule has 1 aromatic rings. The Labute approximate surface area is 122 Å². The maximum atomic E-state index is 10.9. The number of carbonyl (C=O) groups is 1. The van der Waals surface area contributed by atoms with Crippen LogP contribution in [0.3, 0.4) is 0 Å². The van der Waals surface area contributed by atoms with Crippen LogP contribution < -0.4 is 4.90 Å². The lowest BCUT2D eigenvalue weighted by molar-refractivity contribution is -0.137. The van der Waals surface area contributed by atoms with Crippen LogP contribution in [0.1, 0.15) is 32.3 Å². The van der Waals surface area contributed by atoms with E-state index in [1.165, 1.54) is 11.3 Å². The van der Waals surface area contributed by atoms with E-state index in [4.69, 9.17) is 5.11 Å². The minimum atomic E-state index is -0.699. The monoisotopic (exact) mass is 325 g/mol. The third-order valence-electron chi connectivity index (χ3n) is 3.87. The van der Waals surface area contributed by atoms with Crippen LogP contribution >= 0.6 is 15.9 Å². The van der Waals surface area contributed by atoms with Gasteiger partial charge in [0.05, 0.1) is 0 Å². The first-order chi connectivity index (χ1) is 8.79. The maximum absolute atomic E-state index is 10.9. The van der Waals surface area contributed by atoms with Crippen molar-refractivity contribution in [1.82, 2.24) is 0 Å². The number of halogens is 1. The van der Waals surface area contributed by atoms with Crippen LogP contribution in [0.5, 0.6) is 0 Å². The van der Waals surface area contributed by atoms with Crippen molar-refractivity contribution in [2.75, 3.05) is 11.4 Å². The zero-order valence-electron chi connectivity index (χ0n) is 11.6. The molecule has 0 radical (unpaired) electrons. The third-order valence-corrected chi connectivity index (χ3v) is 4.37. The summed E-state index contributed by atoms with van der Waals surface area (Å²) in [6, 6.07) is 6.27. The molecule has 104 valence electrons. The zero-order chi connectivity index (χ0) is 14.2. The van der Waals surface area contributed by atoms with E-state index >= 15 is 0 Å². The van der Waals surface area contributed by atoms with Gasteiger partial charge in [0.2, 0.25) is 0 Å². The Balaban J connectivity index is 2.26. The first kappa shape index (κ1) is 14.4. The average Bonchev–Trinajstić information content (AvgIpc) is 2.52. The highest BCUT2D eigenvalue weighted by Gasteiger charge is 2.39. The van der Waals surface area contributed by atoms with E-state index in [-0.39, 0.29) is 17.9 Å². The van der Waals surface area contributed by atoms with Crippen LogP contribution in [0, 0.1) is 12.8 Å². The van der Waals surface area contributed by atoms with Gasteiger partial charge in [0.15, 0.2) is 0 Å². The van der Waals surface area contributed by atoms with Gasteiger partial charge in [-0.1, -0.05) is 15.9 Å². The number of nitrogens with zero attached hydrogens (tertiary/aromatic N) is 1. The summed E-state index contributed by atoms with van der Waals surface area (Å²) in [4.78, 5) is 13.2. The Hall–Kier alpha value is -1.03. The summed E-state index contributed by atoms with van der Waals surface area (Å²) < 4.78 is 1.08. The SMILES string of the molecule is Cc1cc(Br)ccc1N1CC(CC(=O)O)CC1(C)C. The van der Waals surface area contributed by atoms with Crippen LogP contribution in [0.2, 0.25) is 0 Å². The molecule has 19 heavy (non-hydrogen) atoms. The molecule has 1 unspecified atom stereocenters. The van der Waals surface area contributed by atoms with E-state index in [2.05, 4.69) is 53.7 Å². The summed E-state index contributed by atoms with van der Waals surface area (Å²) >= 11 is 3.48. The predicted octanol–water partition coefficient (Wildman–Crippen LogP) is 3.84. The molecule has 2 rings (SSSR count). The fourth-order valence-corrected chi connectivity index (χ4v) is 3.59. The van der Waals surface area contributed by atoms with Gasteiger partial charge in [-0.25, -0.2) is 0 Å². The third kappa shape index (κ3) is 3.11. The standard InChI is InChI=1S/C15H20BrNO2/c1-10-6-12(16)4-5-13(10)17-9-11(7-14(18)19)8-15(17,2)3/h4-6,11H,7-9H2,1-3H3,(H,18,19). The molecule has 0 amide bonds. The van der Waals surface area contributed by atoms with E-state index in [0.29, 0.717) is 0 Å². The van der Waals surface area contributed by atoms with E-state index in [1.807, 2.05) is 6.07 Å². The highest BCUT2D eigenvalue weighted by molar-refractivity contribution is 9.10. The fourth-order valence-electron chi connectivity index (χ4n) is 3.12. The van der Waals surface area contributed by atoms with Gasteiger partial charge in [0.1, 0.15) is 0 Å². The highest BCUT2D eigenvalue weighted by atomic mass is 79.9. The first-order valence-corrected chi connectivity index (χ1v) is 7.34. The molecule has 4 heteroatoms. The molecule has 1 fully saturated rings. The number of hydrogen-bond acceptors (Lipinski definition) is 2. The van der Waals surface area contributed by atoms with Gasteiger partial charge in [-0.05, 0) is 56.9 Å². The Morgan fingerprint density at radius 2 is 2.21 bits per heavy atom. The maximum Gasteiger partial charge on any atom is 0.303 e. The molecule has 1 atom stereocenters. The van der Waals surface area contributed by atoms with E-state index < -0.39 is 5.97 Å². The van der Waals surface area contributed by atoms with Crippen molar-refractivity contribution < 1.29 is 9.90 Å². The predicted molar refractivity (Wildman–Crippen MR) is 80.7 cm³/mol. The molecule has 1 N–H and O–H groups in total. The molecule has 0 spiro atoms. The lowest BCUT2D eigenvalue weighted by Gasteiger charge is -2.34. The topological polar surface area (TPSA) is 40.5 Å². The lowest BCUT2D eigenvalue weighted by Crippen LogP contribution is -2.38. The summed E-state index contributed by atoms with van der Waals surface area (Å²) in [5.41, 5.74) is 2.44. The lowest BCUT2D eigenvalue weighted by atomic mass is 9.94. The second-order valence-corrected chi connectivity index (χ2v) is 6.94. The van der Waals surface area contributed by atoms with Crippen LogP contribution in [0.4, 0.5) is 5.69 Å². The number of benzene rings is 1. The molecular weight excluding hydrogens is 306 g/mol. The van der Waals surface area contributed by atoms with Gasteiger partial charge in [-0.3, -0.25) is 4.79 Å². The number of aryl methyl sites for hydroxylation is 1. The minimum absolute atomic E-state index is 0.0126. The first-order valence-electron chi connectivity index (χ1n) is 6.55. The van der Waals surface area contributed by atoms with E-state index in [0.717, 1.165) is 17.4 Å². The summed E-state index contributed by atoms with van der Waals surface area (Å²) in [5, 5.41) is 8.97. The van der Waals surface area contributed by atoms with Gasteiger partial charge in [-0.15, -0.1) is 0 Å². The molecule has 0 saturated carbocycles. The van der Waals surface area contributed by atoms with Crippen LogP contribution in [0.15, 0.2) is 22.7 Å². The number of rotatable bonds is 3. The smallest absolute Gasteiger partial charge is 0.303 e. The van der Waals surface area contributed by atoms with Gasteiger partial charge < -0.3 is 10.0 Å². The van der Waals surface area contributed by atoms with Gasteiger partial charge in [-0.2, -0.15) is 0 Å². The highest BCUT2D eigenvalue weighted by Crippen LogP contribution is 2.39. The number of carboxylic acid groups (broad SMARTS) is 1. The second-order valence-electron chi connectivity index (χ2n) is 6.02. The number of aliphatic carboxylic acids is 1. The van der Waals surface area contributed by atoms with Gasteiger partial charge in [0.25, 0.3) is 0 Å². The number of carboxylic acids is 1. The Kier molecular flexibility index (Phi) is 3.90. The number of hydrogen-bond donors (Lipinski definition) is 1. The van der Waals surface area contributed by atoms with Crippen molar-refractivity contribution in [3.63, 3.8) is 0 Å². The van der Waals surface area contributed by atoms with Gasteiger partial charge in [0, 0.05) is 28.7 Å². The van der Waals surface area contributed by atoms with E-state index in [9.17, 15) is 4.79 Å². The molecule has 1 aliphatic rings. The van der Waals surface area contributed by atoms with Crippen molar-refractivity contribution in [2.24, 2.45) is 5.92 Å². The van der Waals surface area contributed by atoms with Crippen molar-refractivity contribution in [2.45, 2.75) is 39.2 Å². The van der Waals surface area contributed by atoms with E-state index in [1.54, 1.807) is 0 Å². The minimum Gasteiger partial charge on any atom is -0.481 e. The molecule has 0 aliphatic carbocycles. The Morgan fingerprint density at radius 1 is 1.53 bits per heavy atom. The van der Waals surface area contributed by atoms with Crippen molar-refractivity contribution in [3.05, 3.63) is 28.2 Å². The summed E-state index contributed by atoms with van der Waals surface area (Å²) in [6.07, 6.45) is 1.18. The summed E-state index contributed by atoms with van der Waals surface area (Å²) in [6.45, 7) is 7.30. The molecule has 0 bridgehead atoms. The molecule has 0 aromatic heterocycles. The molecule has 1 heterocycles. The van der Waals surface area contributed by atoms with Crippen molar-refractivity contribution >= 4 is 27.6 Å². The van der Waals surface area contributed by atoms with Crippen molar-refractivity contribution in [1.29, 1.82) is 0 Å². The number of anilines is 1. The Bertz CT molecular complexity index is 499. The second kappa shape index (κ2) is 5.16. The molecule has 1 aromatic carbocycles. The van der Waals surface area contributed by atoms with Crippen molar-refractivity contribution in [3.8, 4) is 0 Å². The molecule has 1 aliphatic heterocycles. The van der Waals surface area contributed by atoms with Gasteiger partial charge >= 0.3 is 5.97 Å². The van der Waals surface area contributed by atoms with Crippen LogP contribution in [0.25, 0.3) is 0 Å². The molecular formula is C15H20BrNO2. The quantitative estimate of drug-likeness (QED) is 0.917. The average molecular weight is 326 g/mol. The largest absolute Gasteiger partial charge is 0.481 e. The molecule has 3 nitrogen and oxygen atoms in total. The normalized spacial score (nSPS) is 21.7. The fraction of sp³-hybridized carbons (Fsp3) is 0.533. The Morgan fingerprint density at radius 3 is 2.79 bits per heavy atom.